The maximum Gasteiger partial charge on any atom is 0.319 e. The number of carbonyl (C=O) groups excluding carboxylic acids is 1. The molecule has 0 aliphatic heterocycles. The Kier molecular flexibility index (Phi) is 4.82. The Morgan fingerprint density at radius 3 is 2.58 bits per heavy atom. The minimum absolute atomic E-state index is 0.135. The SMILES string of the molecule is CC(NC(=O)Nc1ccccc1Cl)c1ccc(-n2ccnc2)cc1. The zero-order chi connectivity index (χ0) is 16.9. The summed E-state index contributed by atoms with van der Waals surface area (Å²) in [4.78, 5) is 16.1. The third-order valence-electron chi connectivity index (χ3n) is 3.67. The van der Waals surface area contributed by atoms with Crippen molar-refractivity contribution in [1.82, 2.24) is 14.9 Å². The number of nitrogens with one attached hydrogen (secondary N) is 2. The first-order chi connectivity index (χ1) is 11.6. The summed E-state index contributed by atoms with van der Waals surface area (Å²) >= 11 is 6.04. The van der Waals surface area contributed by atoms with Gasteiger partial charge in [0.25, 0.3) is 0 Å². The summed E-state index contributed by atoms with van der Waals surface area (Å²) in [6.07, 6.45) is 5.36. The van der Waals surface area contributed by atoms with Crippen molar-refractivity contribution in [3.8, 4) is 5.69 Å². The summed E-state index contributed by atoms with van der Waals surface area (Å²) in [5.74, 6) is 0. The summed E-state index contributed by atoms with van der Waals surface area (Å²) in [5, 5.41) is 6.15. The van der Waals surface area contributed by atoms with Crippen LogP contribution < -0.4 is 10.6 Å². The molecule has 2 aromatic carbocycles. The smallest absolute Gasteiger partial charge is 0.319 e. The molecule has 6 heteroatoms. The van der Waals surface area contributed by atoms with Crippen LogP contribution in [0.3, 0.4) is 0 Å². The van der Waals surface area contributed by atoms with E-state index in [9.17, 15) is 4.79 Å². The molecule has 1 atom stereocenters. The molecule has 0 radical (unpaired) electrons. The first-order valence-electron chi connectivity index (χ1n) is 7.54. The standard InChI is InChI=1S/C18H17ClN4O/c1-13(21-18(24)22-17-5-3-2-4-16(17)19)14-6-8-15(9-7-14)23-11-10-20-12-23/h2-13H,1H3,(H2,21,22,24). The Hall–Kier alpha value is -2.79. The Morgan fingerprint density at radius 1 is 1.17 bits per heavy atom. The van der Waals surface area contributed by atoms with Gasteiger partial charge in [0.05, 0.1) is 23.1 Å². The maximum atomic E-state index is 12.1. The molecule has 2 N–H and O–H groups in total. The molecular weight excluding hydrogens is 324 g/mol. The van der Waals surface area contributed by atoms with Crippen molar-refractivity contribution in [3.05, 3.63) is 77.8 Å². The van der Waals surface area contributed by atoms with Crippen LogP contribution in [0.25, 0.3) is 5.69 Å². The number of benzene rings is 2. The molecule has 5 nitrogen and oxygen atoms in total. The van der Waals surface area contributed by atoms with Gasteiger partial charge in [0.2, 0.25) is 0 Å². The van der Waals surface area contributed by atoms with Crippen molar-refractivity contribution in [1.29, 1.82) is 0 Å². The summed E-state index contributed by atoms with van der Waals surface area (Å²) < 4.78 is 1.92. The molecule has 0 fully saturated rings. The van der Waals surface area contributed by atoms with Gasteiger partial charge in [-0.1, -0.05) is 35.9 Å². The van der Waals surface area contributed by atoms with Crippen LogP contribution in [0.5, 0.6) is 0 Å². The number of imidazole rings is 1. The lowest BCUT2D eigenvalue weighted by atomic mass is 10.1. The molecule has 3 aromatic rings. The van der Waals surface area contributed by atoms with Gasteiger partial charge < -0.3 is 15.2 Å². The zero-order valence-electron chi connectivity index (χ0n) is 13.1. The summed E-state index contributed by atoms with van der Waals surface area (Å²) in [5.41, 5.74) is 2.61. The number of urea groups is 1. The fourth-order valence-corrected chi connectivity index (χ4v) is 2.53. The highest BCUT2D eigenvalue weighted by Crippen LogP contribution is 2.21. The van der Waals surface area contributed by atoms with Gasteiger partial charge in [-0.05, 0) is 36.8 Å². The Labute approximate surface area is 145 Å². The van der Waals surface area contributed by atoms with Gasteiger partial charge in [0, 0.05) is 18.1 Å². The Morgan fingerprint density at radius 2 is 1.92 bits per heavy atom. The first kappa shape index (κ1) is 16.1. The van der Waals surface area contributed by atoms with E-state index in [1.54, 1.807) is 24.7 Å². The Balaban J connectivity index is 1.63. The van der Waals surface area contributed by atoms with Crippen LogP contribution in [-0.2, 0) is 0 Å². The molecule has 24 heavy (non-hydrogen) atoms. The van der Waals surface area contributed by atoms with E-state index in [0.717, 1.165) is 11.3 Å². The molecule has 2 amide bonds. The van der Waals surface area contributed by atoms with Crippen LogP contribution in [0.2, 0.25) is 5.02 Å². The van der Waals surface area contributed by atoms with Gasteiger partial charge >= 0.3 is 6.03 Å². The molecular formula is C18H17ClN4O. The van der Waals surface area contributed by atoms with E-state index in [1.807, 2.05) is 54.1 Å². The van der Waals surface area contributed by atoms with Crippen molar-refractivity contribution in [3.63, 3.8) is 0 Å². The number of para-hydroxylation sites is 1. The van der Waals surface area contributed by atoms with E-state index in [2.05, 4.69) is 15.6 Å². The van der Waals surface area contributed by atoms with E-state index < -0.39 is 0 Å². The van der Waals surface area contributed by atoms with Gasteiger partial charge in [0.1, 0.15) is 0 Å². The number of hydrogen-bond donors (Lipinski definition) is 2. The minimum Gasteiger partial charge on any atom is -0.331 e. The molecule has 122 valence electrons. The predicted octanol–water partition coefficient (Wildman–Crippen LogP) is 4.41. The predicted molar refractivity (Wildman–Crippen MR) is 95.6 cm³/mol. The summed E-state index contributed by atoms with van der Waals surface area (Å²) in [6, 6.07) is 14.6. The van der Waals surface area contributed by atoms with Crippen molar-refractivity contribution in [2.75, 3.05) is 5.32 Å². The minimum atomic E-state index is -0.297. The number of nitrogens with zero attached hydrogens (tertiary/aromatic N) is 2. The molecule has 0 spiro atoms. The van der Waals surface area contributed by atoms with E-state index >= 15 is 0 Å². The molecule has 0 aliphatic carbocycles. The number of carbonyl (C=O) groups is 1. The average Bonchev–Trinajstić information content (AvgIpc) is 3.11. The van der Waals surface area contributed by atoms with Crippen LogP contribution in [-0.4, -0.2) is 15.6 Å². The maximum absolute atomic E-state index is 12.1. The number of amides is 2. The van der Waals surface area contributed by atoms with Crippen LogP contribution in [0.15, 0.2) is 67.3 Å². The van der Waals surface area contributed by atoms with Crippen molar-refractivity contribution >= 4 is 23.3 Å². The Bertz CT molecular complexity index is 815. The van der Waals surface area contributed by atoms with Crippen LogP contribution in [0.1, 0.15) is 18.5 Å². The topological polar surface area (TPSA) is 59.0 Å². The number of hydrogen-bond acceptors (Lipinski definition) is 2. The number of anilines is 1. The van der Waals surface area contributed by atoms with Crippen LogP contribution in [0.4, 0.5) is 10.5 Å². The van der Waals surface area contributed by atoms with Crippen LogP contribution >= 0.6 is 11.6 Å². The normalized spacial score (nSPS) is 11.8. The highest BCUT2D eigenvalue weighted by atomic mass is 35.5. The third kappa shape index (κ3) is 3.75. The van der Waals surface area contributed by atoms with Crippen molar-refractivity contribution in [2.24, 2.45) is 0 Å². The molecule has 3 rings (SSSR count). The van der Waals surface area contributed by atoms with E-state index in [-0.39, 0.29) is 12.1 Å². The van der Waals surface area contributed by atoms with Gasteiger partial charge in [-0.25, -0.2) is 9.78 Å². The van der Waals surface area contributed by atoms with Gasteiger partial charge in [0.15, 0.2) is 0 Å². The fourth-order valence-electron chi connectivity index (χ4n) is 2.35. The van der Waals surface area contributed by atoms with Gasteiger partial charge in [-0.15, -0.1) is 0 Å². The average molecular weight is 341 g/mol. The number of aromatic nitrogens is 2. The second-order valence-corrected chi connectivity index (χ2v) is 5.77. The second-order valence-electron chi connectivity index (χ2n) is 5.36. The highest BCUT2D eigenvalue weighted by Gasteiger charge is 2.11. The summed E-state index contributed by atoms with van der Waals surface area (Å²) in [7, 11) is 0. The molecule has 0 saturated heterocycles. The largest absolute Gasteiger partial charge is 0.331 e. The van der Waals surface area contributed by atoms with Gasteiger partial charge in [-0.3, -0.25) is 0 Å². The molecule has 0 saturated carbocycles. The van der Waals surface area contributed by atoms with E-state index in [4.69, 9.17) is 11.6 Å². The monoisotopic (exact) mass is 340 g/mol. The molecule has 1 unspecified atom stereocenters. The molecule has 0 aliphatic rings. The van der Waals surface area contributed by atoms with E-state index in [1.165, 1.54) is 0 Å². The molecule has 0 bridgehead atoms. The van der Waals surface area contributed by atoms with Crippen molar-refractivity contribution < 1.29 is 4.79 Å². The highest BCUT2D eigenvalue weighted by molar-refractivity contribution is 6.33. The van der Waals surface area contributed by atoms with Crippen LogP contribution in [0, 0.1) is 0 Å². The van der Waals surface area contributed by atoms with E-state index in [0.29, 0.717) is 10.7 Å². The number of rotatable bonds is 4. The van der Waals surface area contributed by atoms with Crippen molar-refractivity contribution in [2.45, 2.75) is 13.0 Å². The zero-order valence-corrected chi connectivity index (χ0v) is 13.9. The molecule has 1 heterocycles. The quantitative estimate of drug-likeness (QED) is 0.739. The summed E-state index contributed by atoms with van der Waals surface area (Å²) in [6.45, 7) is 1.93. The first-order valence-corrected chi connectivity index (χ1v) is 7.91. The lowest BCUT2D eigenvalue weighted by Gasteiger charge is -2.16. The fraction of sp³-hybridized carbons (Fsp3) is 0.111. The third-order valence-corrected chi connectivity index (χ3v) is 3.99. The lowest BCUT2D eigenvalue weighted by Crippen LogP contribution is -2.31. The lowest BCUT2D eigenvalue weighted by molar-refractivity contribution is 0.249. The number of halogens is 1. The second kappa shape index (κ2) is 7.19. The molecule has 1 aromatic heterocycles. The van der Waals surface area contributed by atoms with Gasteiger partial charge in [-0.2, -0.15) is 0 Å².